The first-order chi connectivity index (χ1) is 11.2. The second kappa shape index (κ2) is 10.2. The van der Waals surface area contributed by atoms with Gasteiger partial charge in [-0.15, -0.1) is 0 Å². The zero-order valence-corrected chi connectivity index (χ0v) is 14.4. The number of nitrogens with one attached hydrogen (secondary N) is 1. The van der Waals surface area contributed by atoms with Gasteiger partial charge < -0.3 is 14.5 Å². The van der Waals surface area contributed by atoms with Crippen LogP contribution in [0.3, 0.4) is 0 Å². The summed E-state index contributed by atoms with van der Waals surface area (Å²) in [7, 11) is 0. The molecule has 2 aromatic rings. The Morgan fingerprint density at radius 3 is 2.83 bits per heavy atom. The minimum atomic E-state index is 0.0586. The molecular weight excluding hydrogens is 334 g/mol. The van der Waals surface area contributed by atoms with E-state index in [1.54, 1.807) is 30.2 Å². The molecule has 0 saturated heterocycles. The van der Waals surface area contributed by atoms with E-state index in [1.807, 2.05) is 24.3 Å². The molecule has 1 aromatic carbocycles. The maximum absolute atomic E-state index is 11.7. The van der Waals surface area contributed by atoms with Crippen LogP contribution < -0.4 is 10.1 Å². The predicted molar refractivity (Wildman–Crippen MR) is 94.1 cm³/mol. The Morgan fingerprint density at radius 1 is 1.26 bits per heavy atom. The molecule has 1 amide bonds. The standard InChI is InChI=1S/C17H20ClNO3S/c18-14-5-7-15(8-6-14)21-11-2-4-17(20)19-9-12-23-13-16-3-1-10-22-16/h1,3,5-8,10H,2,4,9,11-13H2,(H,19,20). The highest BCUT2D eigenvalue weighted by atomic mass is 35.5. The van der Waals surface area contributed by atoms with Crippen molar-refractivity contribution in [1.82, 2.24) is 5.32 Å². The highest BCUT2D eigenvalue weighted by Crippen LogP contribution is 2.15. The highest BCUT2D eigenvalue weighted by molar-refractivity contribution is 7.98. The Labute approximate surface area is 145 Å². The van der Waals surface area contributed by atoms with Crippen molar-refractivity contribution < 1.29 is 13.9 Å². The molecule has 0 unspecified atom stereocenters. The number of rotatable bonds is 10. The Morgan fingerprint density at radius 2 is 2.09 bits per heavy atom. The van der Waals surface area contributed by atoms with Crippen LogP contribution in [0.2, 0.25) is 5.02 Å². The monoisotopic (exact) mass is 353 g/mol. The summed E-state index contributed by atoms with van der Waals surface area (Å²) in [5.74, 6) is 3.49. The molecule has 0 aliphatic rings. The van der Waals surface area contributed by atoms with Crippen molar-refractivity contribution in [2.75, 3.05) is 18.9 Å². The predicted octanol–water partition coefficient (Wildman–Crippen LogP) is 4.14. The Kier molecular flexibility index (Phi) is 7.90. The number of thioether (sulfide) groups is 1. The van der Waals surface area contributed by atoms with Gasteiger partial charge in [0.15, 0.2) is 0 Å². The first-order valence-electron chi connectivity index (χ1n) is 7.49. The number of carbonyl (C=O) groups is 1. The summed E-state index contributed by atoms with van der Waals surface area (Å²) in [5.41, 5.74) is 0. The van der Waals surface area contributed by atoms with Gasteiger partial charge in [0.05, 0.1) is 18.6 Å². The van der Waals surface area contributed by atoms with E-state index in [1.165, 1.54) is 0 Å². The van der Waals surface area contributed by atoms with Crippen molar-refractivity contribution in [3.63, 3.8) is 0 Å². The average molecular weight is 354 g/mol. The number of hydrogen-bond donors (Lipinski definition) is 1. The molecule has 4 nitrogen and oxygen atoms in total. The Balaban J connectivity index is 1.46. The van der Waals surface area contributed by atoms with E-state index < -0.39 is 0 Å². The van der Waals surface area contributed by atoms with Crippen molar-refractivity contribution in [2.45, 2.75) is 18.6 Å². The lowest BCUT2D eigenvalue weighted by Gasteiger charge is -2.07. The van der Waals surface area contributed by atoms with Gasteiger partial charge in [0.1, 0.15) is 11.5 Å². The van der Waals surface area contributed by atoms with Gasteiger partial charge in [0.25, 0.3) is 0 Å². The molecule has 0 aliphatic carbocycles. The van der Waals surface area contributed by atoms with Gasteiger partial charge in [0.2, 0.25) is 5.91 Å². The molecule has 0 radical (unpaired) electrons. The van der Waals surface area contributed by atoms with Gasteiger partial charge in [-0.2, -0.15) is 11.8 Å². The molecule has 0 spiro atoms. The van der Waals surface area contributed by atoms with Crippen molar-refractivity contribution in [3.05, 3.63) is 53.4 Å². The molecule has 2 rings (SSSR count). The van der Waals surface area contributed by atoms with Crippen molar-refractivity contribution in [3.8, 4) is 5.75 Å². The lowest BCUT2D eigenvalue weighted by atomic mass is 10.3. The summed E-state index contributed by atoms with van der Waals surface area (Å²) in [5, 5.41) is 3.59. The van der Waals surface area contributed by atoms with Crippen LogP contribution in [-0.2, 0) is 10.5 Å². The van der Waals surface area contributed by atoms with Crippen LogP contribution in [0.1, 0.15) is 18.6 Å². The van der Waals surface area contributed by atoms with Crippen LogP contribution >= 0.6 is 23.4 Å². The van der Waals surface area contributed by atoms with E-state index in [2.05, 4.69) is 5.32 Å². The van der Waals surface area contributed by atoms with E-state index in [0.29, 0.717) is 31.0 Å². The summed E-state index contributed by atoms with van der Waals surface area (Å²) >= 11 is 7.53. The largest absolute Gasteiger partial charge is 0.494 e. The smallest absolute Gasteiger partial charge is 0.220 e. The van der Waals surface area contributed by atoms with Crippen LogP contribution in [-0.4, -0.2) is 24.8 Å². The number of ether oxygens (including phenoxy) is 1. The summed E-state index contributed by atoms with van der Waals surface area (Å²) in [6, 6.07) is 11.0. The third-order valence-electron chi connectivity index (χ3n) is 3.02. The van der Waals surface area contributed by atoms with E-state index in [0.717, 1.165) is 23.0 Å². The van der Waals surface area contributed by atoms with Gasteiger partial charge in [-0.3, -0.25) is 4.79 Å². The topological polar surface area (TPSA) is 51.5 Å². The number of hydrogen-bond acceptors (Lipinski definition) is 4. The fourth-order valence-corrected chi connectivity index (χ4v) is 2.75. The summed E-state index contributed by atoms with van der Waals surface area (Å²) in [4.78, 5) is 11.7. The first kappa shape index (κ1) is 17.8. The van der Waals surface area contributed by atoms with Crippen LogP contribution in [0.25, 0.3) is 0 Å². The molecule has 6 heteroatoms. The molecule has 0 atom stereocenters. The molecule has 0 bridgehead atoms. The summed E-state index contributed by atoms with van der Waals surface area (Å²) < 4.78 is 10.8. The van der Waals surface area contributed by atoms with Gasteiger partial charge in [-0.25, -0.2) is 0 Å². The minimum absolute atomic E-state index is 0.0586. The maximum Gasteiger partial charge on any atom is 0.220 e. The summed E-state index contributed by atoms with van der Waals surface area (Å²) in [6.07, 6.45) is 2.83. The maximum atomic E-state index is 11.7. The number of benzene rings is 1. The zero-order chi connectivity index (χ0) is 16.3. The second-order valence-corrected chi connectivity index (χ2v) is 6.43. The molecule has 23 heavy (non-hydrogen) atoms. The van der Waals surface area contributed by atoms with Crippen molar-refractivity contribution in [1.29, 1.82) is 0 Å². The lowest BCUT2D eigenvalue weighted by Crippen LogP contribution is -2.25. The van der Waals surface area contributed by atoms with Crippen LogP contribution in [0.15, 0.2) is 47.1 Å². The molecule has 0 fully saturated rings. The molecule has 1 aromatic heterocycles. The fraction of sp³-hybridized carbons (Fsp3) is 0.353. The second-order valence-electron chi connectivity index (χ2n) is 4.89. The van der Waals surface area contributed by atoms with E-state index >= 15 is 0 Å². The molecule has 1 heterocycles. The van der Waals surface area contributed by atoms with Crippen molar-refractivity contribution >= 4 is 29.3 Å². The molecule has 0 aliphatic heterocycles. The fourth-order valence-electron chi connectivity index (χ4n) is 1.87. The SMILES string of the molecule is O=C(CCCOc1ccc(Cl)cc1)NCCSCc1ccco1. The molecule has 0 saturated carbocycles. The Hall–Kier alpha value is -1.59. The normalized spacial score (nSPS) is 10.5. The number of amides is 1. The first-order valence-corrected chi connectivity index (χ1v) is 9.02. The van der Waals surface area contributed by atoms with Crippen LogP contribution in [0.5, 0.6) is 5.75 Å². The minimum Gasteiger partial charge on any atom is -0.494 e. The summed E-state index contributed by atoms with van der Waals surface area (Å²) in [6.45, 7) is 1.19. The third-order valence-corrected chi connectivity index (χ3v) is 4.26. The Bertz CT molecular complexity index is 572. The number of halogens is 1. The van der Waals surface area contributed by atoms with Gasteiger partial charge in [-0.1, -0.05) is 11.6 Å². The van der Waals surface area contributed by atoms with Crippen LogP contribution in [0.4, 0.5) is 0 Å². The van der Waals surface area contributed by atoms with Crippen molar-refractivity contribution in [2.24, 2.45) is 0 Å². The van der Waals surface area contributed by atoms with Gasteiger partial charge >= 0.3 is 0 Å². The molecule has 1 N–H and O–H groups in total. The van der Waals surface area contributed by atoms with Crippen LogP contribution in [0, 0.1) is 0 Å². The number of carbonyl (C=O) groups excluding carboxylic acids is 1. The van der Waals surface area contributed by atoms with Gasteiger partial charge in [0, 0.05) is 23.7 Å². The highest BCUT2D eigenvalue weighted by Gasteiger charge is 2.02. The van der Waals surface area contributed by atoms with E-state index in [4.69, 9.17) is 20.8 Å². The molecular formula is C17H20ClNO3S. The number of furan rings is 1. The van der Waals surface area contributed by atoms with Gasteiger partial charge in [-0.05, 0) is 42.8 Å². The quantitative estimate of drug-likeness (QED) is 0.652. The molecule has 124 valence electrons. The third kappa shape index (κ3) is 7.48. The lowest BCUT2D eigenvalue weighted by molar-refractivity contribution is -0.121. The van der Waals surface area contributed by atoms with E-state index in [-0.39, 0.29) is 5.91 Å². The zero-order valence-electron chi connectivity index (χ0n) is 12.8. The average Bonchev–Trinajstić information content (AvgIpc) is 3.06. The van der Waals surface area contributed by atoms with E-state index in [9.17, 15) is 4.79 Å².